The molecule has 0 atom stereocenters. The summed E-state index contributed by atoms with van der Waals surface area (Å²) in [5, 5.41) is 11.9. The highest BCUT2D eigenvalue weighted by Crippen LogP contribution is 2.39. The third-order valence-electron chi connectivity index (χ3n) is 2.73. The van der Waals surface area contributed by atoms with E-state index in [4.69, 9.17) is 5.11 Å². The number of aliphatic hydroxyl groups excluding tert-OH is 1. The van der Waals surface area contributed by atoms with Gasteiger partial charge in [-0.3, -0.25) is 4.79 Å². The van der Waals surface area contributed by atoms with Gasteiger partial charge in [-0.05, 0) is 12.8 Å². The second-order valence-corrected chi connectivity index (χ2v) is 3.64. The average molecular weight is 171 g/mol. The summed E-state index contributed by atoms with van der Waals surface area (Å²) < 4.78 is 0. The second-order valence-electron chi connectivity index (χ2n) is 3.64. The minimum absolute atomic E-state index is 0.0187. The van der Waals surface area contributed by atoms with Crippen molar-refractivity contribution in [2.75, 3.05) is 13.2 Å². The van der Waals surface area contributed by atoms with Crippen LogP contribution in [0.15, 0.2) is 0 Å². The van der Waals surface area contributed by atoms with Gasteiger partial charge < -0.3 is 10.4 Å². The molecule has 0 bridgehead atoms. The van der Waals surface area contributed by atoms with Gasteiger partial charge in [0.05, 0.1) is 6.61 Å². The standard InChI is InChI=1S/C9H17NO2/c1-2-8(12)10-6-9(7-11)4-3-5-9/h11H,2-7H2,1H3,(H,10,12). The van der Waals surface area contributed by atoms with Gasteiger partial charge in [0.2, 0.25) is 5.91 Å². The minimum atomic E-state index is 0.0187. The van der Waals surface area contributed by atoms with Gasteiger partial charge in [-0.2, -0.15) is 0 Å². The predicted molar refractivity (Wildman–Crippen MR) is 46.7 cm³/mol. The predicted octanol–water partition coefficient (Wildman–Crippen LogP) is 0.675. The van der Waals surface area contributed by atoms with Gasteiger partial charge in [0, 0.05) is 18.4 Å². The van der Waals surface area contributed by atoms with Crippen LogP contribution in [0.5, 0.6) is 0 Å². The van der Waals surface area contributed by atoms with E-state index >= 15 is 0 Å². The molecule has 2 N–H and O–H groups in total. The van der Waals surface area contributed by atoms with Crippen LogP contribution in [0.25, 0.3) is 0 Å². The van der Waals surface area contributed by atoms with Crippen LogP contribution in [0, 0.1) is 5.41 Å². The van der Waals surface area contributed by atoms with Crippen LogP contribution in [0.4, 0.5) is 0 Å². The van der Waals surface area contributed by atoms with E-state index in [1.165, 1.54) is 6.42 Å². The van der Waals surface area contributed by atoms with Crippen LogP contribution in [0.3, 0.4) is 0 Å². The lowest BCUT2D eigenvalue weighted by molar-refractivity contribution is -0.121. The summed E-state index contributed by atoms with van der Waals surface area (Å²) in [5.41, 5.74) is 0.0187. The molecule has 0 aromatic rings. The van der Waals surface area contributed by atoms with Crippen LogP contribution >= 0.6 is 0 Å². The first-order valence-electron chi connectivity index (χ1n) is 4.60. The number of hydrogen-bond acceptors (Lipinski definition) is 2. The highest BCUT2D eigenvalue weighted by atomic mass is 16.3. The maximum absolute atomic E-state index is 10.9. The van der Waals surface area contributed by atoms with Crippen molar-refractivity contribution in [1.29, 1.82) is 0 Å². The van der Waals surface area contributed by atoms with Crippen molar-refractivity contribution in [3.63, 3.8) is 0 Å². The molecule has 1 fully saturated rings. The number of carbonyl (C=O) groups is 1. The first kappa shape index (κ1) is 9.52. The molecule has 0 radical (unpaired) electrons. The molecule has 3 heteroatoms. The number of amides is 1. The zero-order valence-corrected chi connectivity index (χ0v) is 7.60. The highest BCUT2D eigenvalue weighted by Gasteiger charge is 2.36. The molecular weight excluding hydrogens is 154 g/mol. The summed E-state index contributed by atoms with van der Waals surface area (Å²) in [6, 6.07) is 0. The minimum Gasteiger partial charge on any atom is -0.396 e. The molecule has 0 aromatic heterocycles. The Hall–Kier alpha value is -0.570. The molecule has 0 heterocycles. The second kappa shape index (κ2) is 3.90. The molecule has 1 aliphatic rings. The van der Waals surface area contributed by atoms with E-state index in [0.717, 1.165) is 12.8 Å². The van der Waals surface area contributed by atoms with Crippen LogP contribution in [0.2, 0.25) is 0 Å². The highest BCUT2D eigenvalue weighted by molar-refractivity contribution is 5.75. The molecule has 1 aliphatic carbocycles. The Labute approximate surface area is 73.2 Å². The molecule has 1 saturated carbocycles. The van der Waals surface area contributed by atoms with Gasteiger partial charge >= 0.3 is 0 Å². The van der Waals surface area contributed by atoms with E-state index in [2.05, 4.69) is 5.32 Å². The van der Waals surface area contributed by atoms with E-state index in [1.54, 1.807) is 0 Å². The third-order valence-corrected chi connectivity index (χ3v) is 2.73. The molecule has 1 rings (SSSR count). The fourth-order valence-electron chi connectivity index (χ4n) is 1.48. The number of aliphatic hydroxyl groups is 1. The fraction of sp³-hybridized carbons (Fsp3) is 0.889. The summed E-state index contributed by atoms with van der Waals surface area (Å²) in [6.07, 6.45) is 3.81. The van der Waals surface area contributed by atoms with Gasteiger partial charge in [-0.25, -0.2) is 0 Å². The summed E-state index contributed by atoms with van der Waals surface area (Å²) >= 11 is 0. The average Bonchev–Trinajstić information content (AvgIpc) is 2.03. The van der Waals surface area contributed by atoms with Crippen LogP contribution in [0.1, 0.15) is 32.6 Å². The molecule has 0 saturated heterocycles. The van der Waals surface area contributed by atoms with Crippen molar-refractivity contribution >= 4 is 5.91 Å². The lowest BCUT2D eigenvalue weighted by Gasteiger charge is -2.40. The van der Waals surface area contributed by atoms with Crippen molar-refractivity contribution in [3.05, 3.63) is 0 Å². The molecule has 0 spiro atoms. The first-order chi connectivity index (χ1) is 5.72. The lowest BCUT2D eigenvalue weighted by Crippen LogP contribution is -2.44. The zero-order chi connectivity index (χ0) is 9.03. The number of rotatable bonds is 4. The van der Waals surface area contributed by atoms with Crippen molar-refractivity contribution in [2.45, 2.75) is 32.6 Å². The molecule has 1 amide bonds. The monoisotopic (exact) mass is 171 g/mol. The van der Waals surface area contributed by atoms with Crippen LogP contribution in [-0.4, -0.2) is 24.2 Å². The molecular formula is C9H17NO2. The van der Waals surface area contributed by atoms with Crippen molar-refractivity contribution < 1.29 is 9.90 Å². The smallest absolute Gasteiger partial charge is 0.219 e. The SMILES string of the molecule is CCC(=O)NCC1(CO)CCC1. The zero-order valence-electron chi connectivity index (χ0n) is 7.60. The van der Waals surface area contributed by atoms with Gasteiger partial charge in [-0.15, -0.1) is 0 Å². The first-order valence-corrected chi connectivity index (χ1v) is 4.60. The van der Waals surface area contributed by atoms with Crippen molar-refractivity contribution in [3.8, 4) is 0 Å². The summed E-state index contributed by atoms with van der Waals surface area (Å²) in [5.74, 6) is 0.0784. The summed E-state index contributed by atoms with van der Waals surface area (Å²) in [4.78, 5) is 10.9. The third kappa shape index (κ3) is 1.97. The quantitative estimate of drug-likeness (QED) is 0.653. The van der Waals surface area contributed by atoms with Gasteiger partial charge in [-0.1, -0.05) is 13.3 Å². The topological polar surface area (TPSA) is 49.3 Å². The van der Waals surface area contributed by atoms with Gasteiger partial charge in [0.1, 0.15) is 0 Å². The number of carbonyl (C=O) groups excluding carboxylic acids is 1. The molecule has 0 aromatic carbocycles. The number of hydrogen-bond donors (Lipinski definition) is 2. The Kier molecular flexibility index (Phi) is 3.09. The Morgan fingerprint density at radius 2 is 2.25 bits per heavy atom. The Balaban J connectivity index is 2.24. The van der Waals surface area contributed by atoms with Gasteiger partial charge in [0.15, 0.2) is 0 Å². The molecule has 12 heavy (non-hydrogen) atoms. The Bertz CT molecular complexity index is 158. The molecule has 70 valence electrons. The molecule has 0 unspecified atom stereocenters. The Morgan fingerprint density at radius 3 is 2.58 bits per heavy atom. The molecule has 3 nitrogen and oxygen atoms in total. The summed E-state index contributed by atoms with van der Waals surface area (Å²) in [6.45, 7) is 2.69. The number of nitrogens with one attached hydrogen (secondary N) is 1. The van der Waals surface area contributed by atoms with E-state index in [9.17, 15) is 4.79 Å². The Morgan fingerprint density at radius 1 is 1.58 bits per heavy atom. The fourth-order valence-corrected chi connectivity index (χ4v) is 1.48. The maximum atomic E-state index is 10.9. The van der Waals surface area contributed by atoms with Crippen molar-refractivity contribution in [1.82, 2.24) is 5.32 Å². The normalized spacial score (nSPS) is 19.8. The van der Waals surface area contributed by atoms with Crippen LogP contribution < -0.4 is 5.32 Å². The van der Waals surface area contributed by atoms with E-state index in [1.807, 2.05) is 6.92 Å². The van der Waals surface area contributed by atoms with E-state index < -0.39 is 0 Å². The maximum Gasteiger partial charge on any atom is 0.219 e. The van der Waals surface area contributed by atoms with Crippen LogP contribution in [-0.2, 0) is 4.79 Å². The molecule has 0 aliphatic heterocycles. The summed E-state index contributed by atoms with van der Waals surface area (Å²) in [7, 11) is 0. The van der Waals surface area contributed by atoms with E-state index in [0.29, 0.717) is 13.0 Å². The van der Waals surface area contributed by atoms with E-state index in [-0.39, 0.29) is 17.9 Å². The largest absolute Gasteiger partial charge is 0.396 e. The lowest BCUT2D eigenvalue weighted by atomic mass is 9.69. The van der Waals surface area contributed by atoms with Gasteiger partial charge in [0.25, 0.3) is 0 Å². The van der Waals surface area contributed by atoms with Crippen molar-refractivity contribution in [2.24, 2.45) is 5.41 Å².